The molecule has 5 rings (SSSR count). The lowest BCUT2D eigenvalue weighted by Gasteiger charge is -2.10. The molecule has 4 nitrogen and oxygen atoms in total. The van der Waals surface area contributed by atoms with Crippen molar-refractivity contribution in [2.75, 3.05) is 12.4 Å². The van der Waals surface area contributed by atoms with Crippen molar-refractivity contribution in [3.63, 3.8) is 0 Å². The first-order chi connectivity index (χ1) is 14.1. The summed E-state index contributed by atoms with van der Waals surface area (Å²) in [6.45, 7) is 2.16. The van der Waals surface area contributed by atoms with Gasteiger partial charge in [-0.2, -0.15) is 0 Å². The topological polar surface area (TPSA) is 54.1 Å². The van der Waals surface area contributed by atoms with Crippen LogP contribution in [0.4, 0.5) is 5.69 Å². The van der Waals surface area contributed by atoms with Crippen molar-refractivity contribution < 1.29 is 9.53 Å². The molecule has 4 heteroatoms. The molecule has 0 radical (unpaired) electrons. The Morgan fingerprint density at radius 2 is 1.86 bits per heavy atom. The Morgan fingerprint density at radius 1 is 1.03 bits per heavy atom. The number of ether oxygens (including phenoxy) is 1. The number of carbonyl (C=O) groups excluding carboxylic acids is 1. The second-order valence-electron chi connectivity index (χ2n) is 7.83. The molecular weight excluding hydrogens is 360 g/mol. The van der Waals surface area contributed by atoms with E-state index in [-0.39, 0.29) is 5.91 Å². The molecule has 0 spiro atoms. The molecule has 3 aromatic rings. The van der Waals surface area contributed by atoms with Crippen LogP contribution in [0.5, 0.6) is 5.75 Å². The maximum atomic E-state index is 12.7. The van der Waals surface area contributed by atoms with Gasteiger partial charge >= 0.3 is 0 Å². The molecule has 1 aliphatic heterocycles. The predicted molar refractivity (Wildman–Crippen MR) is 117 cm³/mol. The van der Waals surface area contributed by atoms with Crippen molar-refractivity contribution in [3.05, 3.63) is 70.5 Å². The zero-order chi connectivity index (χ0) is 20.0. The minimum atomic E-state index is -0.0465. The van der Waals surface area contributed by atoms with Crippen LogP contribution in [0, 0.1) is 6.92 Å². The van der Waals surface area contributed by atoms with Gasteiger partial charge in [-0.05, 0) is 79.1 Å². The van der Waals surface area contributed by atoms with E-state index in [2.05, 4.69) is 23.3 Å². The van der Waals surface area contributed by atoms with Crippen LogP contribution in [0.1, 0.15) is 40.9 Å². The number of carbonyl (C=O) groups is 1. The van der Waals surface area contributed by atoms with Crippen LogP contribution in [0.15, 0.2) is 42.5 Å². The summed E-state index contributed by atoms with van der Waals surface area (Å²) in [6.07, 6.45) is 6.73. The van der Waals surface area contributed by atoms with Gasteiger partial charge in [-0.3, -0.25) is 4.79 Å². The van der Waals surface area contributed by atoms with E-state index in [1.165, 1.54) is 29.7 Å². The molecule has 2 heterocycles. The van der Waals surface area contributed by atoms with Gasteiger partial charge in [0, 0.05) is 22.6 Å². The van der Waals surface area contributed by atoms with Crippen LogP contribution >= 0.6 is 0 Å². The summed E-state index contributed by atoms with van der Waals surface area (Å²) in [4.78, 5) is 16.3. The van der Waals surface area contributed by atoms with Crippen LogP contribution < -0.4 is 10.1 Å². The number of anilines is 1. The molecule has 2 aromatic carbocycles. The van der Waals surface area contributed by atoms with E-state index in [4.69, 9.17) is 4.74 Å². The number of amides is 1. The largest absolute Gasteiger partial charge is 0.497 e. The highest BCUT2D eigenvalue weighted by molar-refractivity contribution is 6.35. The van der Waals surface area contributed by atoms with Gasteiger partial charge in [0.05, 0.1) is 12.7 Å². The average Bonchev–Trinajstić information content (AvgIpc) is 3.24. The van der Waals surface area contributed by atoms with Crippen molar-refractivity contribution in [2.45, 2.75) is 32.6 Å². The highest BCUT2D eigenvalue weighted by atomic mass is 16.5. The van der Waals surface area contributed by atoms with Crippen LogP contribution in [0.3, 0.4) is 0 Å². The molecule has 0 saturated heterocycles. The van der Waals surface area contributed by atoms with E-state index in [0.717, 1.165) is 52.2 Å². The number of benzene rings is 2. The second-order valence-corrected chi connectivity index (χ2v) is 7.83. The Hall–Kier alpha value is -3.27. The zero-order valence-electron chi connectivity index (χ0n) is 16.8. The SMILES string of the molecule is COc1cccc(-c2ccc3c(c2)NC(=O)/C3=C\c2[nH]c3c(c2C)CCCC3)c1. The van der Waals surface area contributed by atoms with E-state index in [9.17, 15) is 4.79 Å². The molecule has 0 saturated carbocycles. The third kappa shape index (κ3) is 3.05. The van der Waals surface area contributed by atoms with Gasteiger partial charge < -0.3 is 15.0 Å². The molecule has 0 atom stereocenters. The average molecular weight is 384 g/mol. The standard InChI is InChI=1S/C25H24N2O2/c1-15-19-8-3-4-9-22(19)26-23(15)14-21-20-11-10-17(13-24(20)27-25(21)28)16-6-5-7-18(12-16)29-2/h5-7,10-14,26H,3-4,8-9H2,1-2H3,(H,27,28)/b21-14-. The van der Waals surface area contributed by atoms with E-state index >= 15 is 0 Å². The lowest BCUT2D eigenvalue weighted by atomic mass is 9.94. The van der Waals surface area contributed by atoms with Gasteiger partial charge in [-0.25, -0.2) is 0 Å². The fraction of sp³-hybridized carbons (Fsp3) is 0.240. The molecule has 0 fully saturated rings. The van der Waals surface area contributed by atoms with Gasteiger partial charge in [0.15, 0.2) is 0 Å². The van der Waals surface area contributed by atoms with E-state index in [0.29, 0.717) is 0 Å². The second kappa shape index (κ2) is 6.96. The molecule has 29 heavy (non-hydrogen) atoms. The first-order valence-corrected chi connectivity index (χ1v) is 10.2. The molecule has 2 aliphatic rings. The van der Waals surface area contributed by atoms with E-state index in [1.54, 1.807) is 7.11 Å². The van der Waals surface area contributed by atoms with Crippen LogP contribution in [0.2, 0.25) is 0 Å². The van der Waals surface area contributed by atoms with Crippen LogP contribution in [-0.4, -0.2) is 18.0 Å². The monoisotopic (exact) mass is 384 g/mol. The zero-order valence-corrected chi connectivity index (χ0v) is 16.8. The normalized spacial score (nSPS) is 16.5. The number of fused-ring (bicyclic) bond motifs is 2. The van der Waals surface area contributed by atoms with Crippen molar-refractivity contribution in [1.82, 2.24) is 4.98 Å². The first kappa shape index (κ1) is 17.8. The summed E-state index contributed by atoms with van der Waals surface area (Å²) in [7, 11) is 1.67. The minimum Gasteiger partial charge on any atom is -0.497 e. The number of aryl methyl sites for hydroxylation is 1. The molecule has 1 amide bonds. The molecular formula is C25H24N2O2. The van der Waals surface area contributed by atoms with Gasteiger partial charge in [0.2, 0.25) is 0 Å². The maximum absolute atomic E-state index is 12.7. The fourth-order valence-corrected chi connectivity index (χ4v) is 4.48. The van der Waals surface area contributed by atoms with Crippen molar-refractivity contribution in [3.8, 4) is 16.9 Å². The quantitative estimate of drug-likeness (QED) is 0.597. The minimum absolute atomic E-state index is 0.0465. The van der Waals surface area contributed by atoms with Crippen LogP contribution in [0.25, 0.3) is 22.8 Å². The predicted octanol–water partition coefficient (Wildman–Crippen LogP) is 5.37. The lowest BCUT2D eigenvalue weighted by molar-refractivity contribution is -0.110. The fourth-order valence-electron chi connectivity index (χ4n) is 4.48. The van der Waals surface area contributed by atoms with Crippen molar-refractivity contribution >= 4 is 23.2 Å². The summed E-state index contributed by atoms with van der Waals surface area (Å²) in [6, 6.07) is 14.1. The Balaban J connectivity index is 1.53. The van der Waals surface area contributed by atoms with Crippen molar-refractivity contribution in [1.29, 1.82) is 0 Å². The van der Waals surface area contributed by atoms with E-state index < -0.39 is 0 Å². The Morgan fingerprint density at radius 3 is 2.69 bits per heavy atom. The summed E-state index contributed by atoms with van der Waals surface area (Å²) < 4.78 is 5.33. The molecule has 2 N–H and O–H groups in total. The van der Waals surface area contributed by atoms with E-state index in [1.807, 2.05) is 42.5 Å². The summed E-state index contributed by atoms with van der Waals surface area (Å²) in [5, 5.41) is 3.04. The van der Waals surface area contributed by atoms with Gasteiger partial charge in [0.25, 0.3) is 5.91 Å². The number of hydrogen-bond acceptors (Lipinski definition) is 2. The number of rotatable bonds is 3. The maximum Gasteiger partial charge on any atom is 0.256 e. The molecule has 0 bridgehead atoms. The van der Waals surface area contributed by atoms with Gasteiger partial charge in [0.1, 0.15) is 5.75 Å². The summed E-state index contributed by atoms with van der Waals surface area (Å²) in [5.74, 6) is 0.772. The number of methoxy groups -OCH3 is 1. The lowest BCUT2D eigenvalue weighted by Crippen LogP contribution is -2.03. The highest BCUT2D eigenvalue weighted by Crippen LogP contribution is 2.37. The molecule has 1 aromatic heterocycles. The number of aromatic amines is 1. The first-order valence-electron chi connectivity index (χ1n) is 10.2. The summed E-state index contributed by atoms with van der Waals surface area (Å²) >= 11 is 0. The van der Waals surface area contributed by atoms with Crippen molar-refractivity contribution in [2.24, 2.45) is 0 Å². The third-order valence-electron chi connectivity index (χ3n) is 6.10. The van der Waals surface area contributed by atoms with Crippen LogP contribution in [-0.2, 0) is 17.6 Å². The molecule has 146 valence electrons. The number of H-pyrrole nitrogens is 1. The third-order valence-corrected chi connectivity index (χ3v) is 6.10. The Bertz CT molecular complexity index is 1150. The Labute approximate surface area is 170 Å². The number of hydrogen-bond donors (Lipinski definition) is 2. The summed E-state index contributed by atoms with van der Waals surface area (Å²) in [5.41, 5.74) is 9.77. The number of aromatic nitrogens is 1. The smallest absolute Gasteiger partial charge is 0.256 e. The van der Waals surface area contributed by atoms with Gasteiger partial charge in [-0.1, -0.05) is 24.3 Å². The molecule has 0 unspecified atom stereocenters. The molecule has 1 aliphatic carbocycles. The highest BCUT2D eigenvalue weighted by Gasteiger charge is 2.26. The van der Waals surface area contributed by atoms with Gasteiger partial charge in [-0.15, -0.1) is 0 Å². The number of nitrogens with one attached hydrogen (secondary N) is 2. The Kier molecular flexibility index (Phi) is 4.27.